The quantitative estimate of drug-likeness (QED) is 0.270. The standard InChI is InChI=1S/C27H24FN5O4/c28-22-17-8-7-15-20(22)23-21(16-9-12-18-10-3-1-4-11-18)24(33(31-23)32-27(36)37)26(35)30-29-25(34)19-13-5-2-6-14-19/h1-8,10-11,13-15,17,32H,9,12,16H2,(H,29,34)(H,30,35)(H,36,37). The molecule has 0 radical (unpaired) electrons. The number of hydrazine groups is 1. The minimum Gasteiger partial charge on any atom is -0.464 e. The molecule has 4 rings (SSSR count). The van der Waals surface area contributed by atoms with Crippen LogP contribution in [0.5, 0.6) is 0 Å². The second-order valence-electron chi connectivity index (χ2n) is 8.10. The van der Waals surface area contributed by atoms with Gasteiger partial charge >= 0.3 is 6.09 Å². The summed E-state index contributed by atoms with van der Waals surface area (Å²) in [7, 11) is 0. The predicted octanol–water partition coefficient (Wildman–Crippen LogP) is 4.16. The molecule has 3 aromatic carbocycles. The van der Waals surface area contributed by atoms with E-state index in [9.17, 15) is 23.9 Å². The van der Waals surface area contributed by atoms with Crippen LogP contribution >= 0.6 is 0 Å². The molecule has 3 amide bonds. The van der Waals surface area contributed by atoms with E-state index in [1.807, 2.05) is 30.3 Å². The third kappa shape index (κ3) is 6.17. The Morgan fingerprint density at radius 3 is 2.11 bits per heavy atom. The Balaban J connectivity index is 1.68. The Bertz CT molecular complexity index is 1410. The number of benzene rings is 3. The monoisotopic (exact) mass is 501 g/mol. The largest absolute Gasteiger partial charge is 0.464 e. The zero-order valence-electron chi connectivity index (χ0n) is 19.6. The number of aryl methyl sites for hydroxylation is 1. The molecule has 9 nitrogen and oxygen atoms in total. The van der Waals surface area contributed by atoms with Crippen molar-refractivity contribution in [3.63, 3.8) is 0 Å². The van der Waals surface area contributed by atoms with Gasteiger partial charge in [-0.15, -0.1) is 0 Å². The van der Waals surface area contributed by atoms with Crippen molar-refractivity contribution in [2.75, 3.05) is 5.43 Å². The van der Waals surface area contributed by atoms with Crippen LogP contribution in [0.25, 0.3) is 11.3 Å². The summed E-state index contributed by atoms with van der Waals surface area (Å²) in [4.78, 5) is 37.9. The molecule has 0 aliphatic carbocycles. The summed E-state index contributed by atoms with van der Waals surface area (Å²) >= 11 is 0. The smallest absolute Gasteiger partial charge is 0.425 e. The molecule has 0 saturated heterocycles. The number of nitrogens with zero attached hydrogens (tertiary/aromatic N) is 2. The van der Waals surface area contributed by atoms with Gasteiger partial charge in [-0.3, -0.25) is 20.4 Å². The average molecular weight is 502 g/mol. The molecule has 0 aliphatic heterocycles. The third-order valence-corrected chi connectivity index (χ3v) is 5.59. The lowest BCUT2D eigenvalue weighted by Crippen LogP contribution is -2.43. The molecule has 0 aliphatic rings. The number of rotatable bonds is 8. The van der Waals surface area contributed by atoms with Crippen LogP contribution in [-0.4, -0.2) is 32.9 Å². The lowest BCUT2D eigenvalue weighted by Gasteiger charge is -2.11. The van der Waals surface area contributed by atoms with Gasteiger partial charge in [0.15, 0.2) is 5.69 Å². The fourth-order valence-corrected chi connectivity index (χ4v) is 3.91. The van der Waals surface area contributed by atoms with E-state index in [-0.39, 0.29) is 23.4 Å². The van der Waals surface area contributed by atoms with Crippen LogP contribution in [0, 0.1) is 5.82 Å². The molecule has 0 unspecified atom stereocenters. The number of amides is 3. The van der Waals surface area contributed by atoms with E-state index in [0.717, 1.165) is 10.4 Å². The molecule has 4 N–H and O–H groups in total. The van der Waals surface area contributed by atoms with E-state index in [4.69, 9.17) is 0 Å². The maximum atomic E-state index is 14.7. The molecule has 0 fully saturated rings. The van der Waals surface area contributed by atoms with Crippen molar-refractivity contribution in [2.45, 2.75) is 19.3 Å². The SMILES string of the molecule is O=C(O)Nn1nc(-c2ccccc2F)c(CCCc2ccccc2)c1C(=O)NNC(=O)c1ccccc1. The number of carboxylic acid groups (broad SMARTS) is 1. The van der Waals surface area contributed by atoms with Crippen LogP contribution in [-0.2, 0) is 12.8 Å². The molecular weight excluding hydrogens is 477 g/mol. The second-order valence-corrected chi connectivity index (χ2v) is 8.10. The van der Waals surface area contributed by atoms with Gasteiger partial charge in [0.1, 0.15) is 11.5 Å². The normalized spacial score (nSPS) is 10.5. The minimum absolute atomic E-state index is 0.116. The van der Waals surface area contributed by atoms with Crippen molar-refractivity contribution >= 4 is 17.9 Å². The first-order valence-corrected chi connectivity index (χ1v) is 11.5. The summed E-state index contributed by atoms with van der Waals surface area (Å²) in [5.74, 6) is -1.95. The molecule has 0 bridgehead atoms. The number of halogens is 1. The van der Waals surface area contributed by atoms with E-state index in [1.165, 1.54) is 18.2 Å². The van der Waals surface area contributed by atoms with E-state index in [1.54, 1.807) is 36.4 Å². The van der Waals surface area contributed by atoms with E-state index in [2.05, 4.69) is 21.4 Å². The molecule has 37 heavy (non-hydrogen) atoms. The Kier molecular flexibility index (Phi) is 7.89. The van der Waals surface area contributed by atoms with Gasteiger partial charge in [0.25, 0.3) is 11.8 Å². The van der Waals surface area contributed by atoms with Crippen molar-refractivity contribution < 1.29 is 23.9 Å². The Morgan fingerprint density at radius 2 is 1.43 bits per heavy atom. The summed E-state index contributed by atoms with van der Waals surface area (Å²) in [6.07, 6.45) is 0.0533. The molecule has 4 aromatic rings. The van der Waals surface area contributed by atoms with Crippen LogP contribution < -0.4 is 16.3 Å². The molecule has 0 saturated carbocycles. The van der Waals surface area contributed by atoms with E-state index >= 15 is 0 Å². The van der Waals surface area contributed by atoms with E-state index in [0.29, 0.717) is 24.0 Å². The highest BCUT2D eigenvalue weighted by atomic mass is 19.1. The first-order chi connectivity index (χ1) is 17.9. The number of hydrogen-bond acceptors (Lipinski definition) is 4. The van der Waals surface area contributed by atoms with Crippen molar-refractivity contribution in [1.29, 1.82) is 0 Å². The van der Waals surface area contributed by atoms with Gasteiger partial charge in [0, 0.05) is 16.7 Å². The summed E-state index contributed by atoms with van der Waals surface area (Å²) < 4.78 is 14.7. The number of aromatic nitrogens is 2. The maximum absolute atomic E-state index is 14.7. The molecule has 0 atom stereocenters. The van der Waals surface area contributed by atoms with Crippen molar-refractivity contribution in [3.8, 4) is 11.3 Å². The first-order valence-electron chi connectivity index (χ1n) is 11.5. The molecule has 10 heteroatoms. The van der Waals surface area contributed by atoms with Gasteiger partial charge in [-0.2, -0.15) is 9.89 Å². The van der Waals surface area contributed by atoms with Crippen LogP contribution in [0.4, 0.5) is 9.18 Å². The molecule has 0 spiro atoms. The van der Waals surface area contributed by atoms with Gasteiger partial charge in [0.05, 0.1) is 0 Å². The summed E-state index contributed by atoms with van der Waals surface area (Å²) in [6, 6.07) is 23.8. The molecule has 188 valence electrons. The van der Waals surface area contributed by atoms with Crippen LogP contribution in [0.2, 0.25) is 0 Å². The van der Waals surface area contributed by atoms with Crippen molar-refractivity contribution in [1.82, 2.24) is 20.7 Å². The highest BCUT2D eigenvalue weighted by Crippen LogP contribution is 2.29. The third-order valence-electron chi connectivity index (χ3n) is 5.59. The van der Waals surface area contributed by atoms with E-state index < -0.39 is 23.7 Å². The minimum atomic E-state index is -1.47. The zero-order chi connectivity index (χ0) is 26.2. The van der Waals surface area contributed by atoms with Gasteiger partial charge in [0.2, 0.25) is 0 Å². The van der Waals surface area contributed by atoms with Gasteiger partial charge in [-0.05, 0) is 49.1 Å². The average Bonchev–Trinajstić information content (AvgIpc) is 3.25. The van der Waals surface area contributed by atoms with Gasteiger partial charge < -0.3 is 5.11 Å². The van der Waals surface area contributed by atoms with Crippen LogP contribution in [0.3, 0.4) is 0 Å². The topological polar surface area (TPSA) is 125 Å². The Hall–Kier alpha value is -4.99. The summed E-state index contributed by atoms with van der Waals surface area (Å²) in [5.41, 5.74) is 8.49. The van der Waals surface area contributed by atoms with Gasteiger partial charge in [-0.25, -0.2) is 14.6 Å². The highest BCUT2D eigenvalue weighted by molar-refractivity contribution is 6.00. The molecular formula is C27H24FN5O4. The van der Waals surface area contributed by atoms with Crippen LogP contribution in [0.15, 0.2) is 84.9 Å². The Morgan fingerprint density at radius 1 is 0.811 bits per heavy atom. The first kappa shape index (κ1) is 25.1. The highest BCUT2D eigenvalue weighted by Gasteiger charge is 2.27. The summed E-state index contributed by atoms with van der Waals surface area (Å²) in [6.45, 7) is 0. The number of carbonyl (C=O) groups excluding carboxylic acids is 2. The lowest BCUT2D eigenvalue weighted by molar-refractivity contribution is 0.0841. The number of hydrogen-bond donors (Lipinski definition) is 4. The van der Waals surface area contributed by atoms with Crippen molar-refractivity contribution in [3.05, 3.63) is 113 Å². The van der Waals surface area contributed by atoms with Crippen molar-refractivity contribution in [2.24, 2.45) is 0 Å². The fourth-order valence-electron chi connectivity index (χ4n) is 3.91. The maximum Gasteiger partial charge on any atom is 0.425 e. The Labute approximate surface area is 211 Å². The fraction of sp³-hybridized carbons (Fsp3) is 0.111. The molecule has 1 heterocycles. The van der Waals surface area contributed by atoms with Gasteiger partial charge in [-0.1, -0.05) is 60.7 Å². The number of carbonyl (C=O) groups is 3. The predicted molar refractivity (Wildman–Crippen MR) is 135 cm³/mol. The summed E-state index contributed by atoms with van der Waals surface area (Å²) in [5, 5.41) is 13.6. The lowest BCUT2D eigenvalue weighted by atomic mass is 9.98. The second kappa shape index (κ2) is 11.6. The number of nitrogens with one attached hydrogen (secondary N) is 3. The zero-order valence-corrected chi connectivity index (χ0v) is 19.6. The molecule has 1 aromatic heterocycles. The van der Waals surface area contributed by atoms with Crippen LogP contribution in [0.1, 0.15) is 38.4 Å².